The zero-order valence-electron chi connectivity index (χ0n) is 10.6. The van der Waals surface area contributed by atoms with Gasteiger partial charge in [0.2, 0.25) is 0 Å². The van der Waals surface area contributed by atoms with E-state index in [0.29, 0.717) is 0 Å². The minimum Gasteiger partial charge on any atom is -0.373 e. The van der Waals surface area contributed by atoms with Gasteiger partial charge in [0.25, 0.3) is 0 Å². The zero-order valence-corrected chi connectivity index (χ0v) is 10.6. The Kier molecular flexibility index (Phi) is 4.53. The van der Waals surface area contributed by atoms with E-state index in [-0.39, 0.29) is 0 Å². The van der Waals surface area contributed by atoms with Gasteiger partial charge in [-0.2, -0.15) is 0 Å². The Labute approximate surface area is 107 Å². The standard InChI is InChI=1S/C8H10N2.C6H8N2/c1-3-7-4-2-6-10-8(7)9-5-1;1-7-6-4-2-3-5-8-6/h1,3,5H,2,4,6H2,(H,9,10);2-5H,1H3,(H,7,8). The Morgan fingerprint density at radius 2 is 2.00 bits per heavy atom. The van der Waals surface area contributed by atoms with E-state index in [9.17, 15) is 0 Å². The molecule has 94 valence electrons. The van der Waals surface area contributed by atoms with Crippen molar-refractivity contribution >= 4 is 11.6 Å². The first-order valence-corrected chi connectivity index (χ1v) is 6.16. The fourth-order valence-corrected chi connectivity index (χ4v) is 1.80. The molecule has 2 aromatic rings. The molecule has 1 aliphatic rings. The molecule has 1 aliphatic heterocycles. The van der Waals surface area contributed by atoms with Gasteiger partial charge in [-0.3, -0.25) is 0 Å². The third-order valence-electron chi connectivity index (χ3n) is 2.73. The summed E-state index contributed by atoms with van der Waals surface area (Å²) in [5.74, 6) is 1.99. The number of pyridine rings is 2. The molecule has 3 heterocycles. The minimum absolute atomic E-state index is 0.910. The highest BCUT2D eigenvalue weighted by Crippen LogP contribution is 2.17. The van der Waals surface area contributed by atoms with Gasteiger partial charge < -0.3 is 10.6 Å². The maximum absolute atomic E-state index is 4.21. The van der Waals surface area contributed by atoms with Crippen molar-refractivity contribution in [1.29, 1.82) is 0 Å². The molecule has 0 bridgehead atoms. The molecule has 2 aromatic heterocycles. The molecule has 0 amide bonds. The summed E-state index contributed by atoms with van der Waals surface area (Å²) in [6.45, 7) is 1.07. The van der Waals surface area contributed by atoms with Crippen LogP contribution in [0, 0.1) is 0 Å². The third kappa shape index (κ3) is 3.45. The number of fused-ring (bicyclic) bond motifs is 1. The molecule has 0 saturated carbocycles. The van der Waals surface area contributed by atoms with Crippen molar-refractivity contribution in [3.63, 3.8) is 0 Å². The summed E-state index contributed by atoms with van der Waals surface area (Å²) < 4.78 is 0. The number of hydrogen-bond donors (Lipinski definition) is 2. The number of nitrogens with zero attached hydrogens (tertiary/aromatic N) is 2. The van der Waals surface area contributed by atoms with Crippen molar-refractivity contribution < 1.29 is 0 Å². The molecule has 4 heteroatoms. The van der Waals surface area contributed by atoms with E-state index >= 15 is 0 Å². The van der Waals surface area contributed by atoms with E-state index in [4.69, 9.17) is 0 Å². The van der Waals surface area contributed by atoms with Crippen molar-refractivity contribution in [2.45, 2.75) is 12.8 Å². The van der Waals surface area contributed by atoms with E-state index < -0.39 is 0 Å². The average Bonchev–Trinajstić information content (AvgIpc) is 2.49. The van der Waals surface area contributed by atoms with Crippen molar-refractivity contribution in [3.05, 3.63) is 48.3 Å². The van der Waals surface area contributed by atoms with E-state index in [1.165, 1.54) is 18.4 Å². The predicted octanol–water partition coefficient (Wildman–Crippen LogP) is 2.56. The monoisotopic (exact) mass is 242 g/mol. The molecule has 3 rings (SSSR count). The zero-order chi connectivity index (χ0) is 12.6. The molecule has 0 fully saturated rings. The number of hydrogen-bond acceptors (Lipinski definition) is 4. The molecular formula is C14H18N4. The van der Waals surface area contributed by atoms with Gasteiger partial charge in [-0.15, -0.1) is 0 Å². The number of aryl methyl sites for hydroxylation is 1. The van der Waals surface area contributed by atoms with E-state index in [0.717, 1.165) is 18.2 Å². The van der Waals surface area contributed by atoms with Crippen LogP contribution in [0.15, 0.2) is 42.7 Å². The summed E-state index contributed by atoms with van der Waals surface area (Å²) in [6.07, 6.45) is 6.00. The average molecular weight is 242 g/mol. The number of rotatable bonds is 1. The highest BCUT2D eigenvalue weighted by Gasteiger charge is 2.06. The molecule has 0 saturated heterocycles. The molecule has 0 aliphatic carbocycles. The van der Waals surface area contributed by atoms with E-state index in [2.05, 4.69) is 26.7 Å². The van der Waals surface area contributed by atoms with Gasteiger partial charge >= 0.3 is 0 Å². The highest BCUT2D eigenvalue weighted by molar-refractivity contribution is 5.45. The Morgan fingerprint density at radius 1 is 1.11 bits per heavy atom. The summed E-state index contributed by atoms with van der Waals surface area (Å²) in [5, 5.41) is 6.17. The summed E-state index contributed by atoms with van der Waals surface area (Å²) in [5.41, 5.74) is 1.36. The minimum atomic E-state index is 0.910. The van der Waals surface area contributed by atoms with E-state index in [1.54, 1.807) is 6.20 Å². The first-order valence-electron chi connectivity index (χ1n) is 6.16. The Balaban J connectivity index is 0.000000138. The van der Waals surface area contributed by atoms with Crippen LogP contribution in [0.2, 0.25) is 0 Å². The van der Waals surface area contributed by atoms with Crippen LogP contribution in [-0.4, -0.2) is 23.6 Å². The van der Waals surface area contributed by atoms with Gasteiger partial charge in [-0.1, -0.05) is 12.1 Å². The first kappa shape index (κ1) is 12.4. The number of anilines is 2. The SMILES string of the molecule is CNc1ccccn1.c1cnc2c(c1)CCCN2. The smallest absolute Gasteiger partial charge is 0.129 e. The summed E-state index contributed by atoms with van der Waals surface area (Å²) in [4.78, 5) is 8.19. The van der Waals surface area contributed by atoms with Crippen molar-refractivity contribution in [2.24, 2.45) is 0 Å². The lowest BCUT2D eigenvalue weighted by atomic mass is 10.1. The number of nitrogens with one attached hydrogen (secondary N) is 2. The topological polar surface area (TPSA) is 49.8 Å². The lowest BCUT2D eigenvalue weighted by Crippen LogP contribution is -2.12. The molecule has 4 nitrogen and oxygen atoms in total. The lowest BCUT2D eigenvalue weighted by Gasteiger charge is -2.15. The second kappa shape index (κ2) is 6.59. The number of aromatic nitrogens is 2. The maximum Gasteiger partial charge on any atom is 0.129 e. The van der Waals surface area contributed by atoms with Gasteiger partial charge in [0.15, 0.2) is 0 Å². The maximum atomic E-state index is 4.21. The predicted molar refractivity (Wildman–Crippen MR) is 74.8 cm³/mol. The van der Waals surface area contributed by atoms with Gasteiger partial charge in [-0.25, -0.2) is 9.97 Å². The Bertz CT molecular complexity index is 445. The Morgan fingerprint density at radius 3 is 2.67 bits per heavy atom. The van der Waals surface area contributed by atoms with Crippen LogP contribution in [-0.2, 0) is 6.42 Å². The van der Waals surface area contributed by atoms with Gasteiger partial charge in [0, 0.05) is 26.0 Å². The van der Waals surface area contributed by atoms with Crippen LogP contribution in [0.1, 0.15) is 12.0 Å². The molecule has 2 N–H and O–H groups in total. The van der Waals surface area contributed by atoms with Crippen molar-refractivity contribution in [1.82, 2.24) is 9.97 Å². The van der Waals surface area contributed by atoms with Crippen LogP contribution in [0.4, 0.5) is 11.6 Å². The summed E-state index contributed by atoms with van der Waals surface area (Å²) >= 11 is 0. The lowest BCUT2D eigenvalue weighted by molar-refractivity contribution is 0.818. The summed E-state index contributed by atoms with van der Waals surface area (Å²) in [6, 6.07) is 9.88. The van der Waals surface area contributed by atoms with Crippen LogP contribution >= 0.6 is 0 Å². The Hall–Kier alpha value is -2.10. The van der Waals surface area contributed by atoms with Crippen LogP contribution in [0.25, 0.3) is 0 Å². The molecular weight excluding hydrogens is 224 g/mol. The van der Waals surface area contributed by atoms with Gasteiger partial charge in [0.05, 0.1) is 0 Å². The van der Waals surface area contributed by atoms with Crippen molar-refractivity contribution in [3.8, 4) is 0 Å². The highest BCUT2D eigenvalue weighted by atomic mass is 15.0. The quantitative estimate of drug-likeness (QED) is 0.807. The largest absolute Gasteiger partial charge is 0.373 e. The second-order valence-electron chi connectivity index (χ2n) is 4.01. The second-order valence-corrected chi connectivity index (χ2v) is 4.01. The van der Waals surface area contributed by atoms with Gasteiger partial charge in [-0.05, 0) is 36.6 Å². The first-order chi connectivity index (χ1) is 8.90. The van der Waals surface area contributed by atoms with E-state index in [1.807, 2.05) is 37.5 Å². The summed E-state index contributed by atoms with van der Waals surface area (Å²) in [7, 11) is 1.85. The molecule has 0 atom stereocenters. The fraction of sp³-hybridized carbons (Fsp3) is 0.286. The van der Waals surface area contributed by atoms with Crippen molar-refractivity contribution in [2.75, 3.05) is 24.2 Å². The normalized spacial score (nSPS) is 12.5. The fourth-order valence-electron chi connectivity index (χ4n) is 1.80. The van der Waals surface area contributed by atoms with Crippen LogP contribution < -0.4 is 10.6 Å². The molecule has 0 spiro atoms. The van der Waals surface area contributed by atoms with Crippen LogP contribution in [0.3, 0.4) is 0 Å². The third-order valence-corrected chi connectivity index (χ3v) is 2.73. The molecule has 0 radical (unpaired) electrons. The van der Waals surface area contributed by atoms with Crippen LogP contribution in [0.5, 0.6) is 0 Å². The molecule has 0 unspecified atom stereocenters. The molecule has 0 aromatic carbocycles. The van der Waals surface area contributed by atoms with Gasteiger partial charge in [0.1, 0.15) is 11.6 Å². The molecule has 18 heavy (non-hydrogen) atoms.